The Labute approximate surface area is 114 Å². The van der Waals surface area contributed by atoms with Crippen molar-refractivity contribution in [2.75, 3.05) is 13.7 Å². The molecule has 1 aromatic rings. The molecule has 0 aromatic heterocycles. The molecular weight excluding hydrogens is 296 g/mol. The average molecular weight is 307 g/mol. The maximum absolute atomic E-state index is 11.9. The van der Waals surface area contributed by atoms with Crippen LogP contribution in [-0.2, 0) is 19.6 Å². The summed E-state index contributed by atoms with van der Waals surface area (Å²) in [5.74, 6) is -1.55. The second kappa shape index (κ2) is 6.00. The molecule has 19 heavy (non-hydrogen) atoms. The number of rotatable bonds is 5. The van der Waals surface area contributed by atoms with Gasteiger partial charge in [0.1, 0.15) is 4.90 Å². The zero-order chi connectivity index (χ0) is 14.6. The van der Waals surface area contributed by atoms with Crippen molar-refractivity contribution >= 4 is 33.5 Å². The monoisotopic (exact) mass is 306 g/mol. The van der Waals surface area contributed by atoms with Crippen LogP contribution in [0.25, 0.3) is 0 Å². The smallest absolute Gasteiger partial charge is 0.337 e. The summed E-state index contributed by atoms with van der Waals surface area (Å²) < 4.78 is 30.2. The first-order valence-corrected chi connectivity index (χ1v) is 6.80. The number of benzene rings is 1. The van der Waals surface area contributed by atoms with E-state index in [2.05, 4.69) is 4.74 Å². The minimum Gasteiger partial charge on any atom is -0.465 e. The summed E-state index contributed by atoms with van der Waals surface area (Å²) in [4.78, 5) is 21.6. The number of sulfonamides is 1. The van der Waals surface area contributed by atoms with Crippen LogP contribution in [0.1, 0.15) is 10.4 Å². The Kier molecular flexibility index (Phi) is 4.87. The van der Waals surface area contributed by atoms with Crippen LogP contribution in [0.15, 0.2) is 23.1 Å². The number of carbonyl (C=O) groups excluding carboxylic acids is 2. The van der Waals surface area contributed by atoms with Gasteiger partial charge in [-0.15, -0.1) is 0 Å². The Morgan fingerprint density at radius 2 is 2.05 bits per heavy atom. The largest absolute Gasteiger partial charge is 0.465 e. The SMILES string of the molecule is COC(=O)c1ccc(Cl)c(S(=O)(=O)NCC(N)=O)c1. The summed E-state index contributed by atoms with van der Waals surface area (Å²) in [5, 5.41) is -0.0929. The fourth-order valence-electron chi connectivity index (χ4n) is 1.20. The summed E-state index contributed by atoms with van der Waals surface area (Å²) >= 11 is 5.76. The highest BCUT2D eigenvalue weighted by Gasteiger charge is 2.20. The quantitative estimate of drug-likeness (QED) is 0.736. The van der Waals surface area contributed by atoms with Crippen molar-refractivity contribution in [2.24, 2.45) is 5.73 Å². The van der Waals surface area contributed by atoms with Gasteiger partial charge in [0, 0.05) is 0 Å². The van der Waals surface area contributed by atoms with E-state index < -0.39 is 28.4 Å². The standard InChI is InChI=1S/C10H11ClN2O5S/c1-18-10(15)6-2-3-7(11)8(4-6)19(16,17)13-5-9(12)14/h2-4,13H,5H2,1H3,(H2,12,14). The van der Waals surface area contributed by atoms with Crippen molar-refractivity contribution < 1.29 is 22.7 Å². The molecule has 104 valence electrons. The van der Waals surface area contributed by atoms with Gasteiger partial charge in [-0.2, -0.15) is 0 Å². The number of primary amides is 1. The molecule has 0 radical (unpaired) electrons. The third-order valence-electron chi connectivity index (χ3n) is 2.08. The Morgan fingerprint density at radius 3 is 2.58 bits per heavy atom. The van der Waals surface area contributed by atoms with Crippen molar-refractivity contribution in [2.45, 2.75) is 4.90 Å². The predicted octanol–water partition coefficient (Wildman–Crippen LogP) is -0.110. The summed E-state index contributed by atoms with van der Waals surface area (Å²) in [6.45, 7) is -0.568. The highest BCUT2D eigenvalue weighted by atomic mass is 35.5. The molecule has 3 N–H and O–H groups in total. The second-order valence-electron chi connectivity index (χ2n) is 3.43. The van der Waals surface area contributed by atoms with Crippen LogP contribution in [0.4, 0.5) is 0 Å². The molecular formula is C10H11ClN2O5S. The van der Waals surface area contributed by atoms with Crippen molar-refractivity contribution in [1.29, 1.82) is 0 Å². The zero-order valence-electron chi connectivity index (χ0n) is 9.84. The molecule has 0 aliphatic heterocycles. The maximum atomic E-state index is 11.9. The van der Waals surface area contributed by atoms with Crippen molar-refractivity contribution in [3.63, 3.8) is 0 Å². The number of hydrogen-bond acceptors (Lipinski definition) is 5. The lowest BCUT2D eigenvalue weighted by atomic mass is 10.2. The third kappa shape index (κ3) is 3.91. The average Bonchev–Trinajstić information content (AvgIpc) is 2.36. The van der Waals surface area contributed by atoms with Gasteiger partial charge in [-0.25, -0.2) is 17.9 Å². The first kappa shape index (κ1) is 15.4. The van der Waals surface area contributed by atoms with E-state index in [1.54, 1.807) is 0 Å². The van der Waals surface area contributed by atoms with E-state index in [1.165, 1.54) is 12.1 Å². The maximum Gasteiger partial charge on any atom is 0.337 e. The summed E-state index contributed by atoms with van der Waals surface area (Å²) in [7, 11) is -2.88. The number of esters is 1. The van der Waals surface area contributed by atoms with Gasteiger partial charge in [-0.3, -0.25) is 4.79 Å². The Morgan fingerprint density at radius 1 is 1.42 bits per heavy atom. The summed E-state index contributed by atoms with van der Waals surface area (Å²) in [6.07, 6.45) is 0. The molecule has 9 heteroatoms. The van der Waals surface area contributed by atoms with Crippen LogP contribution >= 0.6 is 11.6 Å². The van der Waals surface area contributed by atoms with Crippen molar-refractivity contribution in [1.82, 2.24) is 4.72 Å². The summed E-state index contributed by atoms with van der Waals surface area (Å²) in [5.41, 5.74) is 4.86. The number of ether oxygens (including phenoxy) is 1. The van der Waals surface area contributed by atoms with E-state index in [0.29, 0.717) is 0 Å². The zero-order valence-corrected chi connectivity index (χ0v) is 11.4. The fraction of sp³-hybridized carbons (Fsp3) is 0.200. The van der Waals surface area contributed by atoms with Crippen LogP contribution in [0.2, 0.25) is 5.02 Å². The van der Waals surface area contributed by atoms with E-state index in [0.717, 1.165) is 13.2 Å². The Hall–Kier alpha value is -1.64. The number of carbonyl (C=O) groups is 2. The summed E-state index contributed by atoms with van der Waals surface area (Å²) in [6, 6.07) is 3.62. The van der Waals surface area contributed by atoms with Gasteiger partial charge in [0.25, 0.3) is 0 Å². The van der Waals surface area contributed by atoms with Gasteiger partial charge in [-0.05, 0) is 18.2 Å². The second-order valence-corrected chi connectivity index (χ2v) is 5.57. The number of methoxy groups -OCH3 is 1. The molecule has 0 saturated heterocycles. The minimum absolute atomic E-state index is 0.0198. The molecule has 0 fully saturated rings. The van der Waals surface area contributed by atoms with Gasteiger partial charge in [-0.1, -0.05) is 11.6 Å². The minimum atomic E-state index is -4.04. The lowest BCUT2D eigenvalue weighted by molar-refractivity contribution is -0.116. The van der Waals surface area contributed by atoms with Gasteiger partial charge in [0.15, 0.2) is 0 Å². The molecule has 1 amide bonds. The number of hydrogen-bond donors (Lipinski definition) is 2. The van der Waals surface area contributed by atoms with Gasteiger partial charge >= 0.3 is 5.97 Å². The highest BCUT2D eigenvalue weighted by molar-refractivity contribution is 7.89. The number of nitrogens with two attached hydrogens (primary N) is 1. The molecule has 0 aliphatic rings. The lowest BCUT2D eigenvalue weighted by Gasteiger charge is -2.08. The van der Waals surface area contributed by atoms with Crippen LogP contribution in [-0.4, -0.2) is 33.9 Å². The molecule has 0 bridgehead atoms. The molecule has 1 aromatic carbocycles. The first-order valence-electron chi connectivity index (χ1n) is 4.94. The first-order chi connectivity index (χ1) is 8.77. The van der Waals surface area contributed by atoms with E-state index in [-0.39, 0.29) is 15.5 Å². The molecule has 1 rings (SSSR count). The molecule has 0 saturated carbocycles. The van der Waals surface area contributed by atoms with Crippen LogP contribution in [0, 0.1) is 0 Å². The van der Waals surface area contributed by atoms with E-state index in [9.17, 15) is 18.0 Å². The van der Waals surface area contributed by atoms with E-state index in [4.69, 9.17) is 17.3 Å². The van der Waals surface area contributed by atoms with Gasteiger partial charge in [0.2, 0.25) is 15.9 Å². The molecule has 0 atom stereocenters. The number of amides is 1. The Bertz CT molecular complexity index is 614. The van der Waals surface area contributed by atoms with Crippen molar-refractivity contribution in [3.8, 4) is 0 Å². The van der Waals surface area contributed by atoms with E-state index in [1.807, 2.05) is 4.72 Å². The predicted molar refractivity (Wildman–Crippen MR) is 67.2 cm³/mol. The molecule has 0 heterocycles. The normalized spacial score (nSPS) is 11.1. The molecule has 0 aliphatic carbocycles. The Balaban J connectivity index is 3.18. The topological polar surface area (TPSA) is 116 Å². The van der Waals surface area contributed by atoms with Crippen molar-refractivity contribution in [3.05, 3.63) is 28.8 Å². The van der Waals surface area contributed by atoms with Gasteiger partial charge < -0.3 is 10.5 Å². The number of halogens is 1. The van der Waals surface area contributed by atoms with Crippen LogP contribution < -0.4 is 10.5 Å². The van der Waals surface area contributed by atoms with Crippen LogP contribution in [0.5, 0.6) is 0 Å². The lowest BCUT2D eigenvalue weighted by Crippen LogP contribution is -2.33. The highest BCUT2D eigenvalue weighted by Crippen LogP contribution is 2.22. The number of nitrogens with one attached hydrogen (secondary N) is 1. The van der Waals surface area contributed by atoms with E-state index >= 15 is 0 Å². The molecule has 0 spiro atoms. The molecule has 7 nitrogen and oxygen atoms in total. The third-order valence-corrected chi connectivity index (χ3v) is 3.96. The van der Waals surface area contributed by atoms with Crippen LogP contribution in [0.3, 0.4) is 0 Å². The fourth-order valence-corrected chi connectivity index (χ4v) is 2.71. The van der Waals surface area contributed by atoms with Gasteiger partial charge in [0.05, 0.1) is 24.2 Å². The molecule has 0 unspecified atom stereocenters.